The molecule has 0 aliphatic heterocycles. The molecule has 0 saturated carbocycles. The first-order valence-electron chi connectivity index (χ1n) is 11.8. The Bertz CT molecular complexity index is 1680. The number of imidazole rings is 1. The van der Waals surface area contributed by atoms with E-state index in [0.717, 1.165) is 39.7 Å². The fourth-order valence-corrected chi connectivity index (χ4v) is 4.72. The molecule has 3 aromatic carbocycles. The van der Waals surface area contributed by atoms with E-state index in [0.29, 0.717) is 18.7 Å². The summed E-state index contributed by atoms with van der Waals surface area (Å²) in [6.07, 6.45) is 4.46. The minimum Gasteiger partial charge on any atom is -0.361 e. The number of benzene rings is 3. The Balaban J connectivity index is 1.34. The van der Waals surface area contributed by atoms with E-state index in [1.165, 1.54) is 10.9 Å². The summed E-state index contributed by atoms with van der Waals surface area (Å²) >= 11 is 0. The molecule has 0 radical (unpaired) electrons. The first kappa shape index (κ1) is 21.1. The quantitative estimate of drug-likeness (QED) is 0.358. The van der Waals surface area contributed by atoms with Crippen molar-refractivity contribution in [1.29, 1.82) is 0 Å². The van der Waals surface area contributed by atoms with Crippen molar-refractivity contribution < 1.29 is 4.79 Å². The summed E-state index contributed by atoms with van der Waals surface area (Å²) < 4.78 is 2.07. The Morgan fingerprint density at radius 1 is 0.971 bits per heavy atom. The number of carbonyl (C=O) groups excluding carboxylic acids is 1. The van der Waals surface area contributed by atoms with Gasteiger partial charge in [-0.3, -0.25) is 9.78 Å². The first-order chi connectivity index (χ1) is 17.2. The van der Waals surface area contributed by atoms with Gasteiger partial charge in [0.25, 0.3) is 5.91 Å². The van der Waals surface area contributed by atoms with Crippen molar-refractivity contribution in [3.05, 3.63) is 108 Å². The lowest BCUT2D eigenvalue weighted by atomic mass is 10.1. The normalized spacial score (nSPS) is 11.5. The molecule has 1 N–H and O–H groups in total. The van der Waals surface area contributed by atoms with Crippen LogP contribution in [0.2, 0.25) is 0 Å². The monoisotopic (exact) mass is 459 g/mol. The number of hydrogen-bond acceptors (Lipinski definition) is 3. The van der Waals surface area contributed by atoms with Gasteiger partial charge in [-0.2, -0.15) is 0 Å². The van der Waals surface area contributed by atoms with E-state index < -0.39 is 0 Å². The molecule has 6 nitrogen and oxygen atoms in total. The third-order valence-electron chi connectivity index (χ3n) is 6.66. The van der Waals surface area contributed by atoms with Gasteiger partial charge in [0.2, 0.25) is 0 Å². The lowest BCUT2D eigenvalue weighted by molar-refractivity contribution is 0.0739. The number of para-hydroxylation sites is 4. The largest absolute Gasteiger partial charge is 0.361 e. The zero-order valence-corrected chi connectivity index (χ0v) is 19.5. The summed E-state index contributed by atoms with van der Waals surface area (Å²) in [5.74, 6) is 0.808. The number of aryl methyl sites for hydroxylation is 1. The molecule has 3 heterocycles. The molecule has 0 unspecified atom stereocenters. The van der Waals surface area contributed by atoms with Gasteiger partial charge in [-0.1, -0.05) is 48.5 Å². The highest BCUT2D eigenvalue weighted by Gasteiger charge is 2.20. The summed E-state index contributed by atoms with van der Waals surface area (Å²) in [6, 6.07) is 26.1. The van der Waals surface area contributed by atoms with Crippen molar-refractivity contribution in [3.63, 3.8) is 0 Å². The summed E-state index contributed by atoms with van der Waals surface area (Å²) in [4.78, 5) is 28.3. The standard InChI is InChI=1S/C29H25N5O/c1-33-27-13-7-6-12-26(27)32-28(33)19-34(15-14-21-17-31-25-11-5-3-9-23(21)25)29(35)22-16-20-8-2-4-10-24(20)30-18-22/h2-13,16-18,31H,14-15,19H2,1H3. The van der Waals surface area contributed by atoms with Crippen molar-refractivity contribution in [2.24, 2.45) is 7.05 Å². The van der Waals surface area contributed by atoms with Crippen molar-refractivity contribution in [1.82, 2.24) is 24.4 Å². The molecule has 0 saturated heterocycles. The smallest absolute Gasteiger partial charge is 0.255 e. The molecule has 0 bridgehead atoms. The minimum absolute atomic E-state index is 0.0462. The maximum atomic E-state index is 13.8. The fourth-order valence-electron chi connectivity index (χ4n) is 4.72. The van der Waals surface area contributed by atoms with E-state index in [2.05, 4.69) is 32.7 Å². The van der Waals surface area contributed by atoms with Gasteiger partial charge < -0.3 is 14.5 Å². The van der Waals surface area contributed by atoms with Crippen LogP contribution in [0.25, 0.3) is 32.8 Å². The number of amides is 1. The van der Waals surface area contributed by atoms with Crippen LogP contribution >= 0.6 is 0 Å². The van der Waals surface area contributed by atoms with E-state index in [1.54, 1.807) is 6.20 Å². The van der Waals surface area contributed by atoms with E-state index in [4.69, 9.17) is 4.98 Å². The molecule has 172 valence electrons. The van der Waals surface area contributed by atoms with Gasteiger partial charge in [-0.05, 0) is 42.3 Å². The number of H-pyrrole nitrogens is 1. The number of carbonyl (C=O) groups is 1. The van der Waals surface area contributed by atoms with Gasteiger partial charge in [0.05, 0.1) is 28.7 Å². The Labute approximate surface area is 202 Å². The predicted molar refractivity (Wildman–Crippen MR) is 139 cm³/mol. The summed E-state index contributed by atoms with van der Waals surface area (Å²) in [5, 5.41) is 2.15. The molecule has 1 amide bonds. The summed E-state index contributed by atoms with van der Waals surface area (Å²) in [6.45, 7) is 0.982. The molecule has 0 aliphatic rings. The SMILES string of the molecule is Cn1c(CN(CCc2c[nH]c3ccccc23)C(=O)c2cnc3ccccc3c2)nc2ccccc21. The van der Waals surface area contributed by atoms with Crippen LogP contribution in [0.4, 0.5) is 0 Å². The highest BCUT2D eigenvalue weighted by Crippen LogP contribution is 2.21. The molecule has 0 spiro atoms. The molecule has 0 aliphatic carbocycles. The zero-order valence-electron chi connectivity index (χ0n) is 19.5. The van der Waals surface area contributed by atoms with Crippen LogP contribution in [0.1, 0.15) is 21.7 Å². The lowest BCUT2D eigenvalue weighted by Gasteiger charge is -2.23. The molecule has 6 aromatic rings. The highest BCUT2D eigenvalue weighted by atomic mass is 16.2. The predicted octanol–water partition coefficient (Wildman–Crippen LogP) is 5.49. The molecule has 0 atom stereocenters. The van der Waals surface area contributed by atoms with Gasteiger partial charge in [0.15, 0.2) is 0 Å². The molecule has 35 heavy (non-hydrogen) atoms. The second-order valence-electron chi connectivity index (χ2n) is 8.83. The van der Waals surface area contributed by atoms with Gasteiger partial charge >= 0.3 is 0 Å². The van der Waals surface area contributed by atoms with Crippen LogP contribution in [0.3, 0.4) is 0 Å². The number of aromatic nitrogens is 4. The lowest BCUT2D eigenvalue weighted by Crippen LogP contribution is -2.33. The number of nitrogens with one attached hydrogen (secondary N) is 1. The molecule has 6 rings (SSSR count). The average Bonchev–Trinajstić information content (AvgIpc) is 3.46. The van der Waals surface area contributed by atoms with Gasteiger partial charge in [0, 0.05) is 42.3 Å². The summed E-state index contributed by atoms with van der Waals surface area (Å²) in [7, 11) is 2.00. The van der Waals surface area contributed by atoms with Gasteiger partial charge in [-0.25, -0.2) is 4.98 Å². The van der Waals surface area contributed by atoms with Crippen molar-refractivity contribution >= 4 is 38.7 Å². The molecular weight excluding hydrogens is 434 g/mol. The van der Waals surface area contributed by atoms with Crippen LogP contribution in [0.15, 0.2) is 91.3 Å². The molecule has 3 aromatic heterocycles. The maximum absolute atomic E-state index is 13.8. The van der Waals surface area contributed by atoms with Gasteiger partial charge in [0.1, 0.15) is 5.82 Å². The summed E-state index contributed by atoms with van der Waals surface area (Å²) in [5.41, 5.74) is 5.75. The molecular formula is C29H25N5O. The van der Waals surface area contributed by atoms with Crippen LogP contribution in [-0.2, 0) is 20.0 Å². The van der Waals surface area contributed by atoms with Crippen LogP contribution in [0, 0.1) is 0 Å². The second kappa shape index (κ2) is 8.72. The first-order valence-corrected chi connectivity index (χ1v) is 11.8. The van der Waals surface area contributed by atoms with E-state index in [9.17, 15) is 4.79 Å². The zero-order chi connectivity index (χ0) is 23.8. The Morgan fingerprint density at radius 2 is 1.74 bits per heavy atom. The van der Waals surface area contributed by atoms with E-state index >= 15 is 0 Å². The van der Waals surface area contributed by atoms with Crippen LogP contribution in [0.5, 0.6) is 0 Å². The molecule has 6 heteroatoms. The minimum atomic E-state index is -0.0462. The Hall–Kier alpha value is -4.45. The van der Waals surface area contributed by atoms with Crippen molar-refractivity contribution in [3.8, 4) is 0 Å². The topological polar surface area (TPSA) is 66.8 Å². The van der Waals surface area contributed by atoms with Crippen molar-refractivity contribution in [2.45, 2.75) is 13.0 Å². The Morgan fingerprint density at radius 3 is 2.63 bits per heavy atom. The Kier molecular flexibility index (Phi) is 5.26. The number of aromatic amines is 1. The van der Waals surface area contributed by atoms with Crippen molar-refractivity contribution in [2.75, 3.05) is 6.54 Å². The highest BCUT2D eigenvalue weighted by molar-refractivity contribution is 5.97. The van der Waals surface area contributed by atoms with Gasteiger partial charge in [-0.15, -0.1) is 0 Å². The number of hydrogen-bond donors (Lipinski definition) is 1. The molecule has 0 fully saturated rings. The van der Waals surface area contributed by atoms with Crippen LogP contribution < -0.4 is 0 Å². The third-order valence-corrected chi connectivity index (χ3v) is 6.66. The number of nitrogens with zero attached hydrogens (tertiary/aromatic N) is 4. The number of fused-ring (bicyclic) bond motifs is 3. The maximum Gasteiger partial charge on any atom is 0.255 e. The average molecular weight is 460 g/mol. The van der Waals surface area contributed by atoms with E-state index in [1.807, 2.05) is 78.8 Å². The van der Waals surface area contributed by atoms with Crippen LogP contribution in [-0.4, -0.2) is 36.9 Å². The number of rotatable bonds is 6. The fraction of sp³-hybridized carbons (Fsp3) is 0.138. The number of pyridine rings is 1. The second-order valence-corrected chi connectivity index (χ2v) is 8.83. The third kappa shape index (κ3) is 3.93. The van der Waals surface area contributed by atoms with E-state index in [-0.39, 0.29) is 5.91 Å².